The van der Waals surface area contributed by atoms with E-state index in [2.05, 4.69) is 4.98 Å². The lowest BCUT2D eigenvalue weighted by Gasteiger charge is -2.08. The molecule has 3 N–H and O–H groups in total. The van der Waals surface area contributed by atoms with Gasteiger partial charge in [-0.2, -0.15) is 0 Å². The summed E-state index contributed by atoms with van der Waals surface area (Å²) >= 11 is 1.86. The average molecular weight is 235 g/mol. The molecule has 3 nitrogen and oxygen atoms in total. The largest absolute Gasteiger partial charge is 0.382 e. The van der Waals surface area contributed by atoms with E-state index in [0.717, 1.165) is 5.92 Å². The maximum atomic E-state index is 7.34. The van der Waals surface area contributed by atoms with Gasteiger partial charge in [0.1, 0.15) is 11.5 Å². The van der Waals surface area contributed by atoms with Crippen molar-refractivity contribution in [1.82, 2.24) is 4.98 Å². The molecule has 1 aromatic heterocycles. The Morgan fingerprint density at radius 3 is 2.94 bits per heavy atom. The number of amidine groups is 1. The topological polar surface area (TPSA) is 62.8 Å². The van der Waals surface area contributed by atoms with Crippen LogP contribution in [0.2, 0.25) is 0 Å². The van der Waals surface area contributed by atoms with Crippen molar-refractivity contribution >= 4 is 17.6 Å². The smallest absolute Gasteiger partial charge is 0.141 e. The number of nitrogens with zero attached hydrogens (tertiary/aromatic N) is 1. The van der Waals surface area contributed by atoms with Gasteiger partial charge < -0.3 is 5.73 Å². The van der Waals surface area contributed by atoms with Crippen LogP contribution in [0, 0.1) is 11.3 Å². The lowest BCUT2D eigenvalue weighted by atomic mass is 10.1. The summed E-state index contributed by atoms with van der Waals surface area (Å²) in [5, 5.41) is 7.34. The predicted molar refractivity (Wildman–Crippen MR) is 67.9 cm³/mol. The molecule has 16 heavy (non-hydrogen) atoms. The minimum absolute atomic E-state index is 0.0447. The molecule has 1 aliphatic carbocycles. The van der Waals surface area contributed by atoms with Crippen molar-refractivity contribution < 1.29 is 0 Å². The highest BCUT2D eigenvalue weighted by Crippen LogP contribution is 2.30. The summed E-state index contributed by atoms with van der Waals surface area (Å²) in [7, 11) is 0. The van der Waals surface area contributed by atoms with Gasteiger partial charge in [-0.15, -0.1) is 11.8 Å². The number of thioether (sulfide) groups is 1. The maximum absolute atomic E-state index is 7.34. The van der Waals surface area contributed by atoms with Gasteiger partial charge >= 0.3 is 0 Å². The van der Waals surface area contributed by atoms with Crippen molar-refractivity contribution in [2.75, 3.05) is 5.75 Å². The van der Waals surface area contributed by atoms with Crippen molar-refractivity contribution in [2.24, 2.45) is 11.7 Å². The summed E-state index contributed by atoms with van der Waals surface area (Å²) in [5.41, 5.74) is 5.99. The van der Waals surface area contributed by atoms with Crippen LogP contribution in [0.1, 0.15) is 31.4 Å². The Morgan fingerprint density at radius 2 is 2.25 bits per heavy atom. The monoisotopic (exact) mass is 235 g/mol. The van der Waals surface area contributed by atoms with Crippen LogP contribution in [-0.2, 0) is 0 Å². The van der Waals surface area contributed by atoms with Gasteiger partial charge in [0.25, 0.3) is 0 Å². The molecule has 0 radical (unpaired) electrons. The first-order valence-corrected chi connectivity index (χ1v) is 6.67. The molecule has 0 spiro atoms. The highest BCUT2D eigenvalue weighted by molar-refractivity contribution is 7.99. The lowest BCUT2D eigenvalue weighted by Crippen LogP contribution is -2.12. The SMILES string of the molecule is N=C(N)c1cc(SCC2CCCC2)ccn1. The van der Waals surface area contributed by atoms with E-state index in [9.17, 15) is 0 Å². The van der Waals surface area contributed by atoms with Gasteiger partial charge in [0.05, 0.1) is 0 Å². The van der Waals surface area contributed by atoms with E-state index in [1.807, 2.05) is 23.9 Å². The highest BCUT2D eigenvalue weighted by Gasteiger charge is 2.15. The molecular weight excluding hydrogens is 218 g/mol. The molecule has 0 amide bonds. The van der Waals surface area contributed by atoms with Crippen molar-refractivity contribution in [1.29, 1.82) is 5.41 Å². The zero-order chi connectivity index (χ0) is 11.4. The fraction of sp³-hybridized carbons (Fsp3) is 0.500. The predicted octanol–water partition coefficient (Wildman–Crippen LogP) is 2.65. The molecule has 0 saturated heterocycles. The normalized spacial score (nSPS) is 16.5. The maximum Gasteiger partial charge on any atom is 0.141 e. The molecule has 0 aliphatic heterocycles. The first-order chi connectivity index (χ1) is 7.75. The lowest BCUT2D eigenvalue weighted by molar-refractivity contribution is 0.623. The fourth-order valence-corrected chi connectivity index (χ4v) is 3.15. The Balaban J connectivity index is 1.93. The summed E-state index contributed by atoms with van der Waals surface area (Å²) in [5.74, 6) is 2.10. The minimum Gasteiger partial charge on any atom is -0.382 e. The Kier molecular flexibility index (Phi) is 3.83. The Morgan fingerprint density at radius 1 is 1.50 bits per heavy atom. The van der Waals surface area contributed by atoms with E-state index in [1.165, 1.54) is 36.3 Å². The van der Waals surface area contributed by atoms with E-state index in [-0.39, 0.29) is 5.84 Å². The molecule has 0 atom stereocenters. The molecule has 1 aliphatic rings. The van der Waals surface area contributed by atoms with Gasteiger partial charge in [0, 0.05) is 16.8 Å². The van der Waals surface area contributed by atoms with Crippen LogP contribution in [-0.4, -0.2) is 16.6 Å². The molecule has 1 aromatic rings. The fourth-order valence-electron chi connectivity index (χ4n) is 2.04. The highest BCUT2D eigenvalue weighted by atomic mass is 32.2. The Labute approximate surface area is 100 Å². The molecule has 86 valence electrons. The molecule has 4 heteroatoms. The Bertz CT molecular complexity index is 372. The van der Waals surface area contributed by atoms with E-state index in [1.54, 1.807) is 6.20 Å². The van der Waals surface area contributed by atoms with Gasteiger partial charge in [0.15, 0.2) is 0 Å². The van der Waals surface area contributed by atoms with Crippen molar-refractivity contribution in [2.45, 2.75) is 30.6 Å². The van der Waals surface area contributed by atoms with Crippen LogP contribution >= 0.6 is 11.8 Å². The third-order valence-electron chi connectivity index (χ3n) is 2.97. The second-order valence-electron chi connectivity index (χ2n) is 4.25. The summed E-state index contributed by atoms with van der Waals surface area (Å²) < 4.78 is 0. The van der Waals surface area contributed by atoms with Crippen LogP contribution in [0.15, 0.2) is 23.2 Å². The summed E-state index contributed by atoms with van der Waals surface area (Å²) in [6.07, 6.45) is 7.25. The van der Waals surface area contributed by atoms with E-state index < -0.39 is 0 Å². The van der Waals surface area contributed by atoms with E-state index in [4.69, 9.17) is 11.1 Å². The molecular formula is C12H17N3S. The first-order valence-electron chi connectivity index (χ1n) is 5.69. The standard InChI is InChI=1S/C12H17N3S/c13-12(14)11-7-10(5-6-15-11)16-8-9-3-1-2-4-9/h5-7,9H,1-4,8H2,(H3,13,14). The summed E-state index contributed by atoms with van der Waals surface area (Å²) in [6, 6.07) is 3.90. The van der Waals surface area contributed by atoms with Gasteiger partial charge in [0.2, 0.25) is 0 Å². The zero-order valence-electron chi connectivity index (χ0n) is 9.28. The van der Waals surface area contributed by atoms with Crippen LogP contribution < -0.4 is 5.73 Å². The van der Waals surface area contributed by atoms with Crippen LogP contribution in [0.3, 0.4) is 0 Å². The van der Waals surface area contributed by atoms with Crippen LogP contribution in [0.5, 0.6) is 0 Å². The zero-order valence-corrected chi connectivity index (χ0v) is 10.1. The van der Waals surface area contributed by atoms with E-state index >= 15 is 0 Å². The average Bonchev–Trinajstić information content (AvgIpc) is 2.79. The van der Waals surface area contributed by atoms with Crippen molar-refractivity contribution in [3.63, 3.8) is 0 Å². The van der Waals surface area contributed by atoms with Crippen LogP contribution in [0.4, 0.5) is 0 Å². The number of pyridine rings is 1. The molecule has 1 saturated carbocycles. The van der Waals surface area contributed by atoms with Crippen molar-refractivity contribution in [3.05, 3.63) is 24.0 Å². The molecule has 0 bridgehead atoms. The molecule has 1 fully saturated rings. The minimum atomic E-state index is 0.0447. The molecule has 1 heterocycles. The quantitative estimate of drug-likeness (QED) is 0.479. The van der Waals surface area contributed by atoms with Gasteiger partial charge in [-0.25, -0.2) is 0 Å². The summed E-state index contributed by atoms with van der Waals surface area (Å²) in [6.45, 7) is 0. The Hall–Kier alpha value is -1.03. The molecule has 0 aromatic carbocycles. The number of nitrogens with one attached hydrogen (secondary N) is 1. The third-order valence-corrected chi connectivity index (χ3v) is 4.19. The second-order valence-corrected chi connectivity index (χ2v) is 5.35. The molecule has 2 rings (SSSR count). The number of hydrogen-bond donors (Lipinski definition) is 2. The van der Waals surface area contributed by atoms with Gasteiger partial charge in [-0.3, -0.25) is 10.4 Å². The summed E-state index contributed by atoms with van der Waals surface area (Å²) in [4.78, 5) is 5.23. The van der Waals surface area contributed by atoms with E-state index in [0.29, 0.717) is 5.69 Å². The second kappa shape index (κ2) is 5.34. The first kappa shape index (κ1) is 11.5. The van der Waals surface area contributed by atoms with Crippen LogP contribution in [0.25, 0.3) is 0 Å². The number of nitrogen functional groups attached to an aromatic ring is 1. The number of rotatable bonds is 4. The molecule has 0 unspecified atom stereocenters. The number of nitrogens with two attached hydrogens (primary N) is 1. The van der Waals surface area contributed by atoms with Crippen molar-refractivity contribution in [3.8, 4) is 0 Å². The van der Waals surface area contributed by atoms with Gasteiger partial charge in [-0.1, -0.05) is 12.8 Å². The number of hydrogen-bond acceptors (Lipinski definition) is 3. The number of aromatic nitrogens is 1. The third kappa shape index (κ3) is 2.98. The van der Waals surface area contributed by atoms with Gasteiger partial charge in [-0.05, 0) is 30.9 Å².